The van der Waals surface area contributed by atoms with Gasteiger partial charge in [0, 0.05) is 12.6 Å². The highest BCUT2D eigenvalue weighted by Gasteiger charge is 2.32. The van der Waals surface area contributed by atoms with Crippen molar-refractivity contribution < 1.29 is 9.59 Å². The lowest BCUT2D eigenvalue weighted by molar-refractivity contribution is -0.134. The first-order valence-corrected chi connectivity index (χ1v) is 6.02. The van der Waals surface area contributed by atoms with Crippen LogP contribution in [0.4, 0.5) is 0 Å². The van der Waals surface area contributed by atoms with E-state index < -0.39 is 0 Å². The van der Waals surface area contributed by atoms with Crippen molar-refractivity contribution in [3.63, 3.8) is 0 Å². The van der Waals surface area contributed by atoms with Gasteiger partial charge in [-0.05, 0) is 25.8 Å². The van der Waals surface area contributed by atoms with Crippen molar-refractivity contribution in [3.05, 3.63) is 0 Å². The Labute approximate surface area is 95.6 Å². The number of amides is 2. The molecule has 1 heterocycles. The van der Waals surface area contributed by atoms with Gasteiger partial charge in [-0.2, -0.15) is 0 Å². The molecular formula is C11H19N3O2. The van der Waals surface area contributed by atoms with Crippen molar-refractivity contribution in [2.24, 2.45) is 0 Å². The lowest BCUT2D eigenvalue weighted by atomic mass is 10.2. The van der Waals surface area contributed by atoms with Crippen molar-refractivity contribution in [2.45, 2.75) is 38.3 Å². The second-order valence-electron chi connectivity index (χ2n) is 4.50. The zero-order chi connectivity index (χ0) is 11.5. The van der Waals surface area contributed by atoms with E-state index in [4.69, 9.17) is 0 Å². The largest absolute Gasteiger partial charge is 0.352 e. The average molecular weight is 225 g/mol. The Hall–Kier alpha value is -1.10. The van der Waals surface area contributed by atoms with E-state index in [0.717, 1.165) is 25.8 Å². The van der Waals surface area contributed by atoms with Crippen molar-refractivity contribution in [1.29, 1.82) is 0 Å². The lowest BCUT2D eigenvalue weighted by Crippen LogP contribution is -2.43. The van der Waals surface area contributed by atoms with E-state index in [1.54, 1.807) is 4.90 Å². The van der Waals surface area contributed by atoms with Gasteiger partial charge in [-0.1, -0.05) is 6.92 Å². The zero-order valence-electron chi connectivity index (χ0n) is 9.66. The third kappa shape index (κ3) is 2.72. The molecule has 16 heavy (non-hydrogen) atoms. The van der Waals surface area contributed by atoms with E-state index in [-0.39, 0.29) is 24.4 Å². The predicted molar refractivity (Wildman–Crippen MR) is 59.8 cm³/mol. The third-order valence-electron chi connectivity index (χ3n) is 3.02. The summed E-state index contributed by atoms with van der Waals surface area (Å²) in [5, 5.41) is 6.02. The molecule has 2 aliphatic rings. The lowest BCUT2D eigenvalue weighted by Gasteiger charge is -2.16. The molecule has 0 radical (unpaired) electrons. The Kier molecular flexibility index (Phi) is 3.43. The molecule has 90 valence electrons. The highest BCUT2D eigenvalue weighted by Crippen LogP contribution is 2.18. The number of hydrogen-bond donors (Lipinski definition) is 2. The number of hydrogen-bond acceptors (Lipinski definition) is 3. The molecule has 1 saturated carbocycles. The number of carbonyl (C=O) groups is 2. The summed E-state index contributed by atoms with van der Waals surface area (Å²) >= 11 is 0. The summed E-state index contributed by atoms with van der Waals surface area (Å²) in [6, 6.07) is 0.286. The van der Waals surface area contributed by atoms with Gasteiger partial charge in [0.1, 0.15) is 0 Å². The van der Waals surface area contributed by atoms with Gasteiger partial charge in [0.25, 0.3) is 0 Å². The molecule has 0 aromatic carbocycles. The zero-order valence-corrected chi connectivity index (χ0v) is 9.66. The fraction of sp³-hybridized carbons (Fsp3) is 0.818. The Morgan fingerprint density at radius 3 is 2.81 bits per heavy atom. The number of carbonyl (C=O) groups excluding carboxylic acids is 2. The summed E-state index contributed by atoms with van der Waals surface area (Å²) < 4.78 is 0. The van der Waals surface area contributed by atoms with Crippen LogP contribution in [0.15, 0.2) is 0 Å². The number of nitrogens with one attached hydrogen (secondary N) is 2. The molecule has 1 aliphatic carbocycles. The Balaban J connectivity index is 1.77. The summed E-state index contributed by atoms with van der Waals surface area (Å²) in [6.07, 6.45) is 2.97. The monoisotopic (exact) mass is 225 g/mol. The standard InChI is InChI=1S/C11H19N3O2/c1-2-12-9-5-6-14(11(9)16)7-10(15)13-8-3-4-8/h8-9,12H,2-7H2,1H3,(H,13,15). The van der Waals surface area contributed by atoms with Crippen molar-refractivity contribution in [3.8, 4) is 0 Å². The minimum atomic E-state index is -0.0845. The van der Waals surface area contributed by atoms with Gasteiger partial charge in [-0.3, -0.25) is 9.59 Å². The first-order valence-electron chi connectivity index (χ1n) is 6.02. The Bertz CT molecular complexity index is 289. The van der Waals surface area contributed by atoms with Crippen LogP contribution in [0.25, 0.3) is 0 Å². The quantitative estimate of drug-likeness (QED) is 0.661. The molecule has 1 saturated heterocycles. The minimum absolute atomic E-state index is 0.0204. The van der Waals surface area contributed by atoms with Gasteiger partial charge in [0.15, 0.2) is 0 Å². The molecule has 0 spiro atoms. The smallest absolute Gasteiger partial charge is 0.240 e. The van der Waals surface area contributed by atoms with Gasteiger partial charge in [-0.15, -0.1) is 0 Å². The van der Waals surface area contributed by atoms with Crippen LogP contribution in [0.3, 0.4) is 0 Å². The van der Waals surface area contributed by atoms with Gasteiger partial charge in [0.05, 0.1) is 12.6 Å². The Morgan fingerprint density at radius 1 is 1.44 bits per heavy atom. The molecule has 1 aliphatic heterocycles. The number of likely N-dealkylation sites (N-methyl/N-ethyl adjacent to an activating group) is 1. The maximum atomic E-state index is 11.8. The first kappa shape index (κ1) is 11.4. The second kappa shape index (κ2) is 4.82. The van der Waals surface area contributed by atoms with Crippen molar-refractivity contribution >= 4 is 11.8 Å². The van der Waals surface area contributed by atoms with E-state index in [0.29, 0.717) is 12.6 Å². The molecular weight excluding hydrogens is 206 g/mol. The highest BCUT2D eigenvalue weighted by molar-refractivity contribution is 5.89. The van der Waals surface area contributed by atoms with Gasteiger partial charge < -0.3 is 15.5 Å². The van der Waals surface area contributed by atoms with Crippen LogP contribution in [0.2, 0.25) is 0 Å². The van der Waals surface area contributed by atoms with Crippen LogP contribution in [-0.4, -0.2) is 48.4 Å². The topological polar surface area (TPSA) is 61.4 Å². The van der Waals surface area contributed by atoms with E-state index in [1.807, 2.05) is 6.92 Å². The van der Waals surface area contributed by atoms with Gasteiger partial charge in [0.2, 0.25) is 11.8 Å². The summed E-state index contributed by atoms with van der Waals surface area (Å²) in [5.41, 5.74) is 0. The fourth-order valence-corrected chi connectivity index (χ4v) is 2.01. The fourth-order valence-electron chi connectivity index (χ4n) is 2.01. The van der Waals surface area contributed by atoms with Crippen LogP contribution in [0.5, 0.6) is 0 Å². The summed E-state index contributed by atoms with van der Waals surface area (Å²) in [6.45, 7) is 3.68. The van der Waals surface area contributed by atoms with E-state index in [1.165, 1.54) is 0 Å². The number of nitrogens with zero attached hydrogens (tertiary/aromatic N) is 1. The minimum Gasteiger partial charge on any atom is -0.352 e. The maximum absolute atomic E-state index is 11.8. The van der Waals surface area contributed by atoms with Gasteiger partial charge >= 0.3 is 0 Å². The van der Waals surface area contributed by atoms with Crippen LogP contribution in [-0.2, 0) is 9.59 Å². The number of likely N-dealkylation sites (tertiary alicyclic amines) is 1. The summed E-state index contributed by atoms with van der Waals surface area (Å²) in [5.74, 6) is 0.0424. The summed E-state index contributed by atoms with van der Waals surface area (Å²) in [7, 11) is 0. The SMILES string of the molecule is CCNC1CCN(CC(=O)NC2CC2)C1=O. The molecule has 0 bridgehead atoms. The van der Waals surface area contributed by atoms with E-state index in [9.17, 15) is 9.59 Å². The predicted octanol–water partition coefficient (Wildman–Crippen LogP) is -0.525. The third-order valence-corrected chi connectivity index (χ3v) is 3.02. The van der Waals surface area contributed by atoms with Crippen LogP contribution in [0.1, 0.15) is 26.2 Å². The van der Waals surface area contributed by atoms with E-state index >= 15 is 0 Å². The molecule has 0 aromatic rings. The molecule has 2 amide bonds. The van der Waals surface area contributed by atoms with Gasteiger partial charge in [-0.25, -0.2) is 0 Å². The number of rotatable bonds is 5. The van der Waals surface area contributed by atoms with Crippen LogP contribution >= 0.6 is 0 Å². The normalized spacial score (nSPS) is 24.9. The van der Waals surface area contributed by atoms with E-state index in [2.05, 4.69) is 10.6 Å². The highest BCUT2D eigenvalue weighted by atomic mass is 16.2. The molecule has 2 fully saturated rings. The average Bonchev–Trinajstić information content (AvgIpc) is 2.99. The van der Waals surface area contributed by atoms with Crippen LogP contribution in [0, 0.1) is 0 Å². The maximum Gasteiger partial charge on any atom is 0.240 e. The molecule has 2 N–H and O–H groups in total. The summed E-state index contributed by atoms with van der Waals surface area (Å²) in [4.78, 5) is 25.0. The second-order valence-corrected chi connectivity index (χ2v) is 4.50. The molecule has 0 aromatic heterocycles. The van der Waals surface area contributed by atoms with Crippen LogP contribution < -0.4 is 10.6 Å². The molecule has 2 rings (SSSR count). The molecule has 5 nitrogen and oxygen atoms in total. The van der Waals surface area contributed by atoms with Crippen molar-refractivity contribution in [1.82, 2.24) is 15.5 Å². The molecule has 1 unspecified atom stereocenters. The van der Waals surface area contributed by atoms with Crippen molar-refractivity contribution in [2.75, 3.05) is 19.6 Å². The first-order chi connectivity index (χ1) is 7.70. The molecule has 1 atom stereocenters. The molecule has 5 heteroatoms. The Morgan fingerprint density at radius 2 is 2.19 bits per heavy atom.